The van der Waals surface area contributed by atoms with Gasteiger partial charge in [-0.3, -0.25) is 0 Å². The summed E-state index contributed by atoms with van der Waals surface area (Å²) in [5.41, 5.74) is 3.82. The normalized spacial score (nSPS) is 12.7. The lowest BCUT2D eigenvalue weighted by Crippen LogP contribution is -2.23. The first-order valence-corrected chi connectivity index (χ1v) is 8.28. The minimum absolute atomic E-state index is 0.260. The first-order valence-electron chi connectivity index (χ1n) is 7.09. The van der Waals surface area contributed by atoms with E-state index in [1.54, 1.807) is 0 Å². The molecule has 0 saturated heterocycles. The average molecular weight is 308 g/mol. The molecule has 1 nitrogen and oxygen atoms in total. The van der Waals surface area contributed by atoms with E-state index in [-0.39, 0.29) is 6.04 Å². The van der Waals surface area contributed by atoms with Crippen LogP contribution in [0.2, 0.25) is 5.02 Å². The lowest BCUT2D eigenvalue weighted by Gasteiger charge is -2.20. The van der Waals surface area contributed by atoms with Crippen molar-refractivity contribution in [3.63, 3.8) is 0 Å². The molecule has 0 aliphatic carbocycles. The maximum atomic E-state index is 6.15. The molecular weight excluding hydrogens is 286 g/mol. The molecule has 0 aliphatic heterocycles. The van der Waals surface area contributed by atoms with Gasteiger partial charge in [-0.2, -0.15) is 0 Å². The van der Waals surface area contributed by atoms with Crippen LogP contribution in [0, 0.1) is 20.8 Å². The van der Waals surface area contributed by atoms with Crippen LogP contribution in [0.4, 0.5) is 0 Å². The fourth-order valence-corrected chi connectivity index (χ4v) is 3.56. The molecule has 1 aromatic heterocycles. The summed E-state index contributed by atoms with van der Waals surface area (Å²) >= 11 is 8.02. The van der Waals surface area contributed by atoms with Gasteiger partial charge in [-0.25, -0.2) is 0 Å². The van der Waals surface area contributed by atoms with Crippen LogP contribution in [0.5, 0.6) is 0 Å². The first kappa shape index (κ1) is 15.6. The number of hydrogen-bond acceptors (Lipinski definition) is 2. The van der Waals surface area contributed by atoms with Gasteiger partial charge in [-0.1, -0.05) is 30.7 Å². The third kappa shape index (κ3) is 3.43. The quantitative estimate of drug-likeness (QED) is 0.778. The second-order valence-electron chi connectivity index (χ2n) is 5.26. The standard InChI is InChI=1S/C17H22ClNS/c1-5-8-19-17(15-10-12(3)20-13(15)4)14-6-7-16(18)11(2)9-14/h6-7,9-10,17,19H,5,8H2,1-4H3. The van der Waals surface area contributed by atoms with Gasteiger partial charge in [0, 0.05) is 14.8 Å². The van der Waals surface area contributed by atoms with Gasteiger partial charge in [0.1, 0.15) is 0 Å². The van der Waals surface area contributed by atoms with Gasteiger partial charge < -0.3 is 5.32 Å². The summed E-state index contributed by atoms with van der Waals surface area (Å²) in [5, 5.41) is 4.50. The monoisotopic (exact) mass is 307 g/mol. The van der Waals surface area contributed by atoms with Crippen LogP contribution in [0.1, 0.15) is 45.8 Å². The van der Waals surface area contributed by atoms with Crippen molar-refractivity contribution in [2.45, 2.75) is 40.2 Å². The summed E-state index contributed by atoms with van der Waals surface area (Å²) in [5.74, 6) is 0. The van der Waals surface area contributed by atoms with E-state index in [0.717, 1.165) is 23.6 Å². The zero-order valence-electron chi connectivity index (χ0n) is 12.6. The highest BCUT2D eigenvalue weighted by Gasteiger charge is 2.18. The Hall–Kier alpha value is -0.830. The highest BCUT2D eigenvalue weighted by molar-refractivity contribution is 7.12. The summed E-state index contributed by atoms with van der Waals surface area (Å²) < 4.78 is 0. The maximum absolute atomic E-state index is 6.15. The Bertz CT molecular complexity index is 589. The van der Waals surface area contributed by atoms with E-state index < -0.39 is 0 Å². The van der Waals surface area contributed by atoms with Crippen molar-refractivity contribution < 1.29 is 0 Å². The van der Waals surface area contributed by atoms with Crippen molar-refractivity contribution in [2.24, 2.45) is 0 Å². The zero-order chi connectivity index (χ0) is 14.7. The molecule has 20 heavy (non-hydrogen) atoms. The maximum Gasteiger partial charge on any atom is 0.0587 e. The Labute approximate surface area is 131 Å². The summed E-state index contributed by atoms with van der Waals surface area (Å²) in [6.07, 6.45) is 1.13. The molecular formula is C17H22ClNS. The Balaban J connectivity index is 2.41. The number of thiophene rings is 1. The Morgan fingerprint density at radius 2 is 1.95 bits per heavy atom. The van der Waals surface area contributed by atoms with Crippen LogP contribution >= 0.6 is 22.9 Å². The molecule has 0 bridgehead atoms. The van der Waals surface area contributed by atoms with Gasteiger partial charge in [0.2, 0.25) is 0 Å². The SMILES string of the molecule is CCCNC(c1ccc(Cl)c(C)c1)c1cc(C)sc1C. The third-order valence-electron chi connectivity index (χ3n) is 3.50. The lowest BCUT2D eigenvalue weighted by molar-refractivity contribution is 0.597. The van der Waals surface area contributed by atoms with Crippen molar-refractivity contribution in [3.05, 3.63) is 55.7 Å². The van der Waals surface area contributed by atoms with Crippen LogP contribution < -0.4 is 5.32 Å². The number of nitrogens with one attached hydrogen (secondary N) is 1. The molecule has 1 N–H and O–H groups in total. The van der Waals surface area contributed by atoms with Crippen LogP contribution in [0.15, 0.2) is 24.3 Å². The van der Waals surface area contributed by atoms with Crippen molar-refractivity contribution >= 4 is 22.9 Å². The van der Waals surface area contributed by atoms with Crippen molar-refractivity contribution in [3.8, 4) is 0 Å². The number of aryl methyl sites for hydroxylation is 3. The Kier molecular flexibility index (Phi) is 5.25. The number of rotatable bonds is 5. The highest BCUT2D eigenvalue weighted by Crippen LogP contribution is 2.32. The fraction of sp³-hybridized carbons (Fsp3) is 0.412. The van der Waals surface area contributed by atoms with E-state index in [1.165, 1.54) is 20.9 Å². The smallest absolute Gasteiger partial charge is 0.0587 e. The number of benzene rings is 1. The minimum atomic E-state index is 0.260. The van der Waals surface area contributed by atoms with Gasteiger partial charge in [-0.15, -0.1) is 11.3 Å². The fourth-order valence-electron chi connectivity index (χ4n) is 2.48. The molecule has 1 aromatic carbocycles. The van der Waals surface area contributed by atoms with E-state index in [1.807, 2.05) is 17.4 Å². The van der Waals surface area contributed by atoms with Crippen molar-refractivity contribution in [1.29, 1.82) is 0 Å². The molecule has 1 atom stereocenters. The predicted molar refractivity (Wildman–Crippen MR) is 90.1 cm³/mol. The summed E-state index contributed by atoms with van der Waals surface area (Å²) in [4.78, 5) is 2.76. The van der Waals surface area contributed by atoms with Gasteiger partial charge in [0.05, 0.1) is 6.04 Å². The Morgan fingerprint density at radius 1 is 1.20 bits per heavy atom. The van der Waals surface area contributed by atoms with Crippen LogP contribution in [-0.2, 0) is 0 Å². The van der Waals surface area contributed by atoms with E-state index in [4.69, 9.17) is 11.6 Å². The molecule has 0 aliphatic rings. The summed E-state index contributed by atoms with van der Waals surface area (Å²) in [6, 6.07) is 8.89. The molecule has 2 rings (SSSR count). The molecule has 1 heterocycles. The average Bonchev–Trinajstić information content (AvgIpc) is 2.73. The van der Waals surface area contributed by atoms with Crippen molar-refractivity contribution in [1.82, 2.24) is 5.32 Å². The van der Waals surface area contributed by atoms with Crippen molar-refractivity contribution in [2.75, 3.05) is 6.54 Å². The molecule has 0 fully saturated rings. The molecule has 0 spiro atoms. The van der Waals surface area contributed by atoms with E-state index in [9.17, 15) is 0 Å². The van der Waals surface area contributed by atoms with E-state index in [0.29, 0.717) is 0 Å². The third-order valence-corrected chi connectivity index (χ3v) is 4.91. The molecule has 108 valence electrons. The predicted octanol–water partition coefficient (Wildman–Crippen LogP) is 5.42. The van der Waals surface area contributed by atoms with Gasteiger partial charge in [-0.05, 0) is 62.6 Å². The van der Waals surface area contributed by atoms with Gasteiger partial charge in [0.25, 0.3) is 0 Å². The van der Waals surface area contributed by atoms with E-state index >= 15 is 0 Å². The van der Waals surface area contributed by atoms with Gasteiger partial charge in [0.15, 0.2) is 0 Å². The summed E-state index contributed by atoms with van der Waals surface area (Å²) in [6.45, 7) is 9.65. The molecule has 3 heteroatoms. The summed E-state index contributed by atoms with van der Waals surface area (Å²) in [7, 11) is 0. The van der Waals surface area contributed by atoms with E-state index in [2.05, 4.69) is 51.2 Å². The number of halogens is 1. The zero-order valence-corrected chi connectivity index (χ0v) is 14.2. The lowest BCUT2D eigenvalue weighted by atomic mass is 9.97. The van der Waals surface area contributed by atoms with Crippen LogP contribution in [0.3, 0.4) is 0 Å². The number of hydrogen-bond donors (Lipinski definition) is 1. The van der Waals surface area contributed by atoms with Crippen LogP contribution in [-0.4, -0.2) is 6.54 Å². The largest absolute Gasteiger partial charge is 0.306 e. The second-order valence-corrected chi connectivity index (χ2v) is 7.13. The van der Waals surface area contributed by atoms with Crippen LogP contribution in [0.25, 0.3) is 0 Å². The molecule has 2 aromatic rings. The Morgan fingerprint density at radius 3 is 2.50 bits per heavy atom. The second kappa shape index (κ2) is 6.75. The molecule has 0 radical (unpaired) electrons. The topological polar surface area (TPSA) is 12.0 Å². The molecule has 1 unspecified atom stereocenters. The first-order chi connectivity index (χ1) is 9.52. The minimum Gasteiger partial charge on any atom is -0.306 e. The highest BCUT2D eigenvalue weighted by atomic mass is 35.5. The van der Waals surface area contributed by atoms with Gasteiger partial charge >= 0.3 is 0 Å². The molecule has 0 amide bonds. The molecule has 0 saturated carbocycles.